The number of anilines is 1. The molecule has 5 aromatic rings. The number of piperidine rings is 1. The van der Waals surface area contributed by atoms with E-state index in [1.54, 1.807) is 42.7 Å². The highest BCUT2D eigenvalue weighted by molar-refractivity contribution is 7.89. The van der Waals surface area contributed by atoms with E-state index < -0.39 is 33.6 Å². The first-order chi connectivity index (χ1) is 22.2. The molecule has 8 nitrogen and oxygen atoms in total. The third kappa shape index (κ3) is 7.13. The summed E-state index contributed by atoms with van der Waals surface area (Å²) in [6, 6.07) is 16.9. The predicted molar refractivity (Wildman–Crippen MR) is 171 cm³/mol. The Kier molecular flexibility index (Phi) is 9.18. The van der Waals surface area contributed by atoms with Crippen molar-refractivity contribution in [2.45, 2.75) is 43.7 Å². The van der Waals surface area contributed by atoms with Crippen LogP contribution in [0.4, 0.5) is 19.1 Å². The first kappa shape index (κ1) is 31.4. The molecule has 2 aromatic heterocycles. The Bertz CT molecular complexity index is 1970. The van der Waals surface area contributed by atoms with E-state index in [0.717, 1.165) is 31.5 Å². The summed E-state index contributed by atoms with van der Waals surface area (Å²) >= 11 is 0. The van der Waals surface area contributed by atoms with Crippen molar-refractivity contribution in [3.05, 3.63) is 107 Å². The predicted octanol–water partition coefficient (Wildman–Crippen LogP) is 7.15. The van der Waals surface area contributed by atoms with Crippen LogP contribution >= 0.6 is 0 Å². The molecular weight excluding hydrogens is 615 g/mol. The van der Waals surface area contributed by atoms with Crippen LogP contribution in [-0.2, 0) is 21.3 Å². The number of nitrogens with one attached hydrogen (secondary N) is 2. The monoisotopic (exact) mass is 647 g/mol. The molecule has 0 saturated carbocycles. The topological polar surface area (TPSA) is 106 Å². The van der Waals surface area contributed by atoms with Crippen LogP contribution in [0.15, 0.2) is 79.1 Å². The second kappa shape index (κ2) is 13.4. The zero-order valence-electron chi connectivity index (χ0n) is 25.0. The number of rotatable bonds is 10. The van der Waals surface area contributed by atoms with E-state index in [9.17, 15) is 17.2 Å². The highest BCUT2D eigenvalue weighted by Gasteiger charge is 2.22. The lowest BCUT2D eigenvalue weighted by molar-refractivity contribution is 0.151. The average Bonchev–Trinajstić information content (AvgIpc) is 3.04. The molecule has 0 radical (unpaired) electrons. The lowest BCUT2D eigenvalue weighted by Crippen LogP contribution is -2.38. The van der Waals surface area contributed by atoms with Gasteiger partial charge in [0.1, 0.15) is 11.6 Å². The highest BCUT2D eigenvalue weighted by atomic mass is 32.2. The molecule has 238 valence electrons. The fraction of sp³-hybridized carbons (Fsp3) is 0.265. The van der Waals surface area contributed by atoms with E-state index in [1.165, 1.54) is 30.3 Å². The molecule has 1 aliphatic heterocycles. The van der Waals surface area contributed by atoms with Gasteiger partial charge in [-0.05, 0) is 73.2 Å². The molecule has 3 aromatic carbocycles. The minimum absolute atomic E-state index is 0.00323. The Hall–Kier alpha value is -4.55. The number of hydrogen-bond donors (Lipinski definition) is 2. The summed E-state index contributed by atoms with van der Waals surface area (Å²) in [4.78, 5) is 13.6. The van der Waals surface area contributed by atoms with Crippen molar-refractivity contribution in [3.63, 3.8) is 0 Å². The van der Waals surface area contributed by atoms with Gasteiger partial charge in [0.05, 0.1) is 22.8 Å². The quantitative estimate of drug-likeness (QED) is 0.165. The summed E-state index contributed by atoms with van der Waals surface area (Å²) in [6.45, 7) is 3.66. The number of ether oxygens (including phenoxy) is 1. The van der Waals surface area contributed by atoms with Gasteiger partial charge in [0.15, 0.2) is 9.84 Å². The molecule has 3 heterocycles. The van der Waals surface area contributed by atoms with Crippen LogP contribution in [-0.4, -0.2) is 42.5 Å². The van der Waals surface area contributed by atoms with Crippen LogP contribution in [0.3, 0.4) is 0 Å². The van der Waals surface area contributed by atoms with Crippen molar-refractivity contribution in [3.8, 4) is 22.9 Å². The van der Waals surface area contributed by atoms with Gasteiger partial charge in [-0.1, -0.05) is 36.4 Å². The summed E-state index contributed by atoms with van der Waals surface area (Å²) < 4.78 is 73.9. The third-order valence-electron chi connectivity index (χ3n) is 7.92. The average molecular weight is 648 g/mol. The van der Waals surface area contributed by atoms with Crippen LogP contribution in [0.5, 0.6) is 11.6 Å². The SMILES string of the molecule is Cc1ccc2c(CS(=O)(=O)Cc3ccc(C(F)F)cc3)c(F)ccc2c1Oc1ncccc1-c1ccnc(N[C@H]2CCCNC2)n1. The number of aromatic nitrogens is 3. The van der Waals surface area contributed by atoms with Gasteiger partial charge in [-0.15, -0.1) is 0 Å². The first-order valence-electron chi connectivity index (χ1n) is 14.9. The number of benzene rings is 3. The van der Waals surface area contributed by atoms with Crippen molar-refractivity contribution < 1.29 is 26.3 Å². The van der Waals surface area contributed by atoms with Crippen molar-refractivity contribution >= 4 is 26.6 Å². The Morgan fingerprint density at radius 1 is 0.978 bits per heavy atom. The van der Waals surface area contributed by atoms with Crippen molar-refractivity contribution in [1.29, 1.82) is 0 Å². The van der Waals surface area contributed by atoms with Gasteiger partial charge in [-0.2, -0.15) is 0 Å². The molecule has 1 aliphatic rings. The molecule has 1 fully saturated rings. The molecule has 0 aliphatic carbocycles. The van der Waals surface area contributed by atoms with Crippen LogP contribution in [0.1, 0.15) is 41.5 Å². The van der Waals surface area contributed by atoms with Crippen molar-refractivity contribution in [2.75, 3.05) is 18.4 Å². The molecule has 46 heavy (non-hydrogen) atoms. The number of alkyl halides is 2. The molecule has 0 amide bonds. The van der Waals surface area contributed by atoms with Crippen LogP contribution < -0.4 is 15.4 Å². The maximum atomic E-state index is 15.3. The van der Waals surface area contributed by atoms with E-state index in [2.05, 4.69) is 20.6 Å². The van der Waals surface area contributed by atoms with Crippen molar-refractivity contribution in [2.24, 2.45) is 0 Å². The highest BCUT2D eigenvalue weighted by Crippen LogP contribution is 2.38. The first-order valence-corrected chi connectivity index (χ1v) is 16.7. The summed E-state index contributed by atoms with van der Waals surface area (Å²) in [6.07, 6.45) is 2.69. The molecule has 0 bridgehead atoms. The summed E-state index contributed by atoms with van der Waals surface area (Å²) in [7, 11) is -3.88. The van der Waals surface area contributed by atoms with Gasteiger partial charge in [0.2, 0.25) is 11.8 Å². The smallest absolute Gasteiger partial charge is 0.263 e. The molecular formula is C34H32F3N5O3S. The number of aryl methyl sites for hydroxylation is 1. The standard InChI is InChI=1S/C34H32F3N5O3S/c1-21-6-11-25-26(12-13-29(35)28(25)20-46(43,44)19-22-7-9-23(10-8-22)32(36)37)31(21)45-33-27(5-3-16-39-33)30-14-17-40-34(42-30)41-24-4-2-15-38-18-24/h3,5-14,16-17,24,32,38H,2,4,15,18-20H2,1H3,(H,40,41,42)/t24-/m0/s1. The summed E-state index contributed by atoms with van der Waals surface area (Å²) in [5.74, 6) is -0.518. The van der Waals surface area contributed by atoms with E-state index in [-0.39, 0.29) is 23.0 Å². The molecule has 6 rings (SSSR count). The Morgan fingerprint density at radius 2 is 1.78 bits per heavy atom. The maximum Gasteiger partial charge on any atom is 0.263 e. The molecule has 1 atom stereocenters. The van der Waals surface area contributed by atoms with E-state index in [4.69, 9.17) is 9.72 Å². The zero-order valence-corrected chi connectivity index (χ0v) is 25.8. The van der Waals surface area contributed by atoms with Gasteiger partial charge < -0.3 is 15.4 Å². The number of nitrogens with zero attached hydrogens (tertiary/aromatic N) is 3. The summed E-state index contributed by atoms with van der Waals surface area (Å²) in [5.41, 5.74) is 2.09. The van der Waals surface area contributed by atoms with E-state index >= 15 is 4.39 Å². The Morgan fingerprint density at radius 3 is 2.54 bits per heavy atom. The fourth-order valence-corrected chi connectivity index (χ4v) is 7.12. The minimum atomic E-state index is -3.88. The second-order valence-corrected chi connectivity index (χ2v) is 13.4. The minimum Gasteiger partial charge on any atom is -0.437 e. The number of halogens is 3. The second-order valence-electron chi connectivity index (χ2n) is 11.3. The largest absolute Gasteiger partial charge is 0.437 e. The number of hydrogen-bond acceptors (Lipinski definition) is 8. The Labute approximate surface area is 265 Å². The lowest BCUT2D eigenvalue weighted by atomic mass is 10.0. The van der Waals surface area contributed by atoms with E-state index in [0.29, 0.717) is 39.3 Å². The van der Waals surface area contributed by atoms with Gasteiger partial charge in [0.25, 0.3) is 6.43 Å². The number of fused-ring (bicyclic) bond motifs is 1. The van der Waals surface area contributed by atoms with Gasteiger partial charge in [-0.25, -0.2) is 36.5 Å². The number of pyridine rings is 1. The maximum absolute atomic E-state index is 15.3. The number of sulfone groups is 1. The van der Waals surface area contributed by atoms with Crippen LogP contribution in [0, 0.1) is 12.7 Å². The molecule has 2 N–H and O–H groups in total. The lowest BCUT2D eigenvalue weighted by Gasteiger charge is -2.23. The van der Waals surface area contributed by atoms with Crippen molar-refractivity contribution in [1.82, 2.24) is 20.3 Å². The van der Waals surface area contributed by atoms with Gasteiger partial charge >= 0.3 is 0 Å². The molecule has 12 heteroatoms. The van der Waals surface area contributed by atoms with E-state index in [1.807, 2.05) is 13.0 Å². The summed E-state index contributed by atoms with van der Waals surface area (Å²) in [5, 5.41) is 7.64. The normalized spacial score (nSPS) is 15.3. The molecule has 1 saturated heterocycles. The fourth-order valence-electron chi connectivity index (χ4n) is 5.59. The molecule has 0 spiro atoms. The van der Waals surface area contributed by atoms with Crippen LogP contribution in [0.2, 0.25) is 0 Å². The van der Waals surface area contributed by atoms with Crippen LogP contribution in [0.25, 0.3) is 22.0 Å². The Balaban J connectivity index is 1.30. The zero-order chi connectivity index (χ0) is 32.3. The van der Waals surface area contributed by atoms with Gasteiger partial charge in [0, 0.05) is 41.5 Å². The third-order valence-corrected chi connectivity index (χ3v) is 9.42. The van der Waals surface area contributed by atoms with Gasteiger partial charge in [-0.3, -0.25) is 0 Å². The molecule has 0 unspecified atom stereocenters.